The molecule has 1 heterocycles. The molecule has 3 N–H and O–H groups in total. The van der Waals surface area contributed by atoms with Gasteiger partial charge >= 0.3 is 11.9 Å². The lowest BCUT2D eigenvalue weighted by Crippen LogP contribution is -2.43. The SMILES string of the molecule is COC(=O)C[C@H](NC(=O)CSC1CCNCC1)C(=O)O. The summed E-state index contributed by atoms with van der Waals surface area (Å²) in [6.07, 6.45) is 1.64. The lowest BCUT2D eigenvalue weighted by atomic mass is 10.2. The van der Waals surface area contributed by atoms with Crippen molar-refractivity contribution >= 4 is 29.6 Å². The van der Waals surface area contributed by atoms with Crippen molar-refractivity contribution in [1.82, 2.24) is 10.6 Å². The third-order valence-electron chi connectivity index (χ3n) is 2.97. The summed E-state index contributed by atoms with van der Waals surface area (Å²) in [4.78, 5) is 33.7. The number of rotatable bonds is 7. The number of carbonyl (C=O) groups is 3. The number of piperidine rings is 1. The van der Waals surface area contributed by atoms with E-state index in [0.717, 1.165) is 25.9 Å². The van der Waals surface area contributed by atoms with Crippen LogP contribution >= 0.6 is 11.8 Å². The molecule has 1 atom stereocenters. The molecule has 0 unspecified atom stereocenters. The molecule has 8 heteroatoms. The molecule has 1 rings (SSSR count). The summed E-state index contributed by atoms with van der Waals surface area (Å²) >= 11 is 1.52. The summed E-state index contributed by atoms with van der Waals surface area (Å²) in [5.41, 5.74) is 0. The van der Waals surface area contributed by atoms with Crippen molar-refractivity contribution in [2.45, 2.75) is 30.6 Å². The third kappa shape index (κ3) is 6.25. The Labute approximate surface area is 121 Å². The van der Waals surface area contributed by atoms with E-state index in [1.165, 1.54) is 18.9 Å². The number of hydrogen-bond acceptors (Lipinski definition) is 6. The van der Waals surface area contributed by atoms with Crippen LogP contribution in [-0.4, -0.2) is 60.2 Å². The Morgan fingerprint density at radius 1 is 1.40 bits per heavy atom. The second-order valence-electron chi connectivity index (χ2n) is 4.50. The normalized spacial score (nSPS) is 17.2. The monoisotopic (exact) mass is 304 g/mol. The Hall–Kier alpha value is -1.28. The zero-order valence-corrected chi connectivity index (χ0v) is 12.2. The molecule has 7 nitrogen and oxygen atoms in total. The number of nitrogens with one attached hydrogen (secondary N) is 2. The molecule has 0 aromatic carbocycles. The number of methoxy groups -OCH3 is 1. The van der Waals surface area contributed by atoms with Gasteiger partial charge in [0.2, 0.25) is 5.91 Å². The van der Waals surface area contributed by atoms with E-state index in [-0.39, 0.29) is 18.1 Å². The molecular formula is C12H20N2O5S. The number of carboxylic acid groups (broad SMARTS) is 1. The number of carboxylic acids is 1. The van der Waals surface area contributed by atoms with E-state index in [1.807, 2.05) is 0 Å². The highest BCUT2D eigenvalue weighted by Crippen LogP contribution is 2.19. The standard InChI is InChI=1S/C12H20N2O5S/c1-19-11(16)6-9(12(17)18)14-10(15)7-20-8-2-4-13-5-3-8/h8-9,13H,2-7H2,1H3,(H,14,15)(H,17,18)/t9-/m0/s1. The summed E-state index contributed by atoms with van der Waals surface area (Å²) in [5.74, 6) is -2.07. The van der Waals surface area contributed by atoms with Gasteiger partial charge in [-0.2, -0.15) is 0 Å². The van der Waals surface area contributed by atoms with Crippen LogP contribution in [0, 0.1) is 0 Å². The van der Waals surface area contributed by atoms with Crippen LogP contribution in [0.1, 0.15) is 19.3 Å². The van der Waals surface area contributed by atoms with Gasteiger partial charge < -0.3 is 20.5 Å². The van der Waals surface area contributed by atoms with E-state index in [4.69, 9.17) is 5.11 Å². The Morgan fingerprint density at radius 3 is 2.60 bits per heavy atom. The minimum absolute atomic E-state index is 0.204. The molecule has 0 saturated carbocycles. The molecule has 1 saturated heterocycles. The Bertz CT molecular complexity index is 358. The molecule has 20 heavy (non-hydrogen) atoms. The van der Waals surface area contributed by atoms with Crippen molar-refractivity contribution in [3.63, 3.8) is 0 Å². The third-order valence-corrected chi connectivity index (χ3v) is 4.34. The second kappa shape index (κ2) is 8.80. The quantitative estimate of drug-likeness (QED) is 0.550. The predicted octanol–water partition coefficient (Wildman–Crippen LogP) is -0.396. The molecule has 0 radical (unpaired) electrons. The molecule has 1 aliphatic heterocycles. The van der Waals surface area contributed by atoms with Gasteiger partial charge in [-0.25, -0.2) is 4.79 Å². The lowest BCUT2D eigenvalue weighted by Gasteiger charge is -2.22. The van der Waals surface area contributed by atoms with Crippen molar-refractivity contribution in [1.29, 1.82) is 0 Å². The fourth-order valence-electron chi connectivity index (χ4n) is 1.84. The maximum Gasteiger partial charge on any atom is 0.326 e. The molecule has 1 amide bonds. The van der Waals surface area contributed by atoms with Gasteiger partial charge in [-0.1, -0.05) is 0 Å². The van der Waals surface area contributed by atoms with Crippen LogP contribution in [0.4, 0.5) is 0 Å². The fourth-order valence-corrected chi connectivity index (χ4v) is 2.88. The van der Waals surface area contributed by atoms with Gasteiger partial charge in [-0.05, 0) is 25.9 Å². The van der Waals surface area contributed by atoms with Crippen LogP contribution in [0.5, 0.6) is 0 Å². The first-order valence-electron chi connectivity index (χ1n) is 6.44. The summed E-state index contributed by atoms with van der Waals surface area (Å²) < 4.78 is 4.40. The predicted molar refractivity (Wildman–Crippen MR) is 74.5 cm³/mol. The molecule has 0 spiro atoms. The second-order valence-corrected chi connectivity index (χ2v) is 5.79. The molecule has 114 valence electrons. The van der Waals surface area contributed by atoms with E-state index < -0.39 is 18.0 Å². The van der Waals surface area contributed by atoms with Gasteiger partial charge in [-0.15, -0.1) is 11.8 Å². The topological polar surface area (TPSA) is 105 Å². The van der Waals surface area contributed by atoms with Crippen molar-refractivity contribution in [3.8, 4) is 0 Å². The van der Waals surface area contributed by atoms with Gasteiger partial charge in [-0.3, -0.25) is 9.59 Å². The van der Waals surface area contributed by atoms with E-state index in [2.05, 4.69) is 15.4 Å². The number of aliphatic carboxylic acids is 1. The van der Waals surface area contributed by atoms with E-state index in [9.17, 15) is 14.4 Å². The number of carbonyl (C=O) groups excluding carboxylic acids is 2. The van der Waals surface area contributed by atoms with Gasteiger partial charge in [0.15, 0.2) is 0 Å². The highest BCUT2D eigenvalue weighted by Gasteiger charge is 2.24. The van der Waals surface area contributed by atoms with Crippen molar-refractivity contribution in [3.05, 3.63) is 0 Å². The number of ether oxygens (including phenoxy) is 1. The highest BCUT2D eigenvalue weighted by molar-refractivity contribution is 8.00. The molecule has 1 fully saturated rings. The minimum Gasteiger partial charge on any atom is -0.480 e. The molecular weight excluding hydrogens is 284 g/mol. The van der Waals surface area contributed by atoms with E-state index in [1.54, 1.807) is 0 Å². The number of esters is 1. The molecule has 0 bridgehead atoms. The maximum atomic E-state index is 11.7. The van der Waals surface area contributed by atoms with Crippen molar-refractivity contribution in [2.75, 3.05) is 26.0 Å². The largest absolute Gasteiger partial charge is 0.480 e. The smallest absolute Gasteiger partial charge is 0.326 e. The number of hydrogen-bond donors (Lipinski definition) is 3. The van der Waals surface area contributed by atoms with Gasteiger partial charge in [0.05, 0.1) is 19.3 Å². The summed E-state index contributed by atoms with van der Waals surface area (Å²) in [5, 5.41) is 14.9. The first-order valence-corrected chi connectivity index (χ1v) is 7.49. The van der Waals surface area contributed by atoms with Gasteiger partial charge in [0.1, 0.15) is 6.04 Å². The molecule has 0 aliphatic carbocycles. The molecule has 0 aromatic heterocycles. The number of thioether (sulfide) groups is 1. The van der Waals surface area contributed by atoms with Crippen LogP contribution in [-0.2, 0) is 19.1 Å². The van der Waals surface area contributed by atoms with Gasteiger partial charge in [0.25, 0.3) is 0 Å². The Kier molecular flexibility index (Phi) is 7.38. The number of amides is 1. The fraction of sp³-hybridized carbons (Fsp3) is 0.750. The first kappa shape index (κ1) is 16.8. The van der Waals surface area contributed by atoms with Crippen LogP contribution in [0.25, 0.3) is 0 Å². The highest BCUT2D eigenvalue weighted by atomic mass is 32.2. The zero-order valence-electron chi connectivity index (χ0n) is 11.4. The minimum atomic E-state index is -1.24. The van der Waals surface area contributed by atoms with Crippen LogP contribution < -0.4 is 10.6 Å². The van der Waals surface area contributed by atoms with E-state index >= 15 is 0 Å². The summed E-state index contributed by atoms with van der Waals surface area (Å²) in [6, 6.07) is -1.23. The molecule has 0 aromatic rings. The summed E-state index contributed by atoms with van der Waals surface area (Å²) in [6.45, 7) is 1.89. The average Bonchev–Trinajstić information content (AvgIpc) is 2.45. The Balaban J connectivity index is 2.33. The van der Waals surface area contributed by atoms with Crippen LogP contribution in [0.3, 0.4) is 0 Å². The van der Waals surface area contributed by atoms with Crippen molar-refractivity contribution in [2.24, 2.45) is 0 Å². The van der Waals surface area contributed by atoms with E-state index in [0.29, 0.717) is 5.25 Å². The average molecular weight is 304 g/mol. The first-order chi connectivity index (χ1) is 9.52. The molecule has 1 aliphatic rings. The van der Waals surface area contributed by atoms with Gasteiger partial charge in [0, 0.05) is 5.25 Å². The lowest BCUT2D eigenvalue weighted by molar-refractivity contribution is -0.148. The Morgan fingerprint density at radius 2 is 2.05 bits per heavy atom. The summed E-state index contributed by atoms with van der Waals surface area (Å²) in [7, 11) is 1.18. The zero-order chi connectivity index (χ0) is 15.0. The van der Waals surface area contributed by atoms with Crippen LogP contribution in [0.15, 0.2) is 0 Å². The maximum absolute atomic E-state index is 11.7. The van der Waals surface area contributed by atoms with Crippen LogP contribution in [0.2, 0.25) is 0 Å². The van der Waals surface area contributed by atoms with Crippen molar-refractivity contribution < 1.29 is 24.2 Å².